The van der Waals surface area contributed by atoms with E-state index in [0.29, 0.717) is 6.61 Å². The van der Waals surface area contributed by atoms with Gasteiger partial charge in [0.05, 0.1) is 24.4 Å². The van der Waals surface area contributed by atoms with Gasteiger partial charge in [0.1, 0.15) is 42.7 Å². The normalized spacial score (nSPS) is 38.5. The monoisotopic (exact) mass is 980 g/mol. The van der Waals surface area contributed by atoms with E-state index in [2.05, 4.69) is 6.92 Å². The van der Waals surface area contributed by atoms with Crippen LogP contribution in [0.2, 0.25) is 0 Å². The van der Waals surface area contributed by atoms with Gasteiger partial charge in [0.2, 0.25) is 0 Å². The third-order valence-electron chi connectivity index (χ3n) is 12.2. The molecule has 20 atom stereocenters. The largest absolute Gasteiger partial charge is 0.457 e. The lowest BCUT2D eigenvalue weighted by molar-refractivity contribution is -0.385. The number of esters is 5. The van der Waals surface area contributed by atoms with Crippen LogP contribution in [0.3, 0.4) is 0 Å². The van der Waals surface area contributed by atoms with Crippen LogP contribution in [0.5, 0.6) is 0 Å². The number of carbonyl (C=O) groups excluding carboxylic acids is 5. The molecule has 0 aliphatic carbocycles. The molecule has 0 aromatic heterocycles. The lowest BCUT2D eigenvalue weighted by Crippen LogP contribution is -2.67. The summed E-state index contributed by atoms with van der Waals surface area (Å²) in [6.45, 7) is 14.0. The maximum atomic E-state index is 12.8. The van der Waals surface area contributed by atoms with Gasteiger partial charge in [-0.3, -0.25) is 24.0 Å². The average Bonchev–Trinajstić information content (AvgIpc) is 3.25. The molecule has 0 spiro atoms. The Morgan fingerprint density at radius 2 is 0.706 bits per heavy atom. The molecule has 0 aromatic rings. The van der Waals surface area contributed by atoms with Crippen molar-refractivity contribution in [2.24, 2.45) is 0 Å². The molecule has 0 aromatic carbocycles. The summed E-state index contributed by atoms with van der Waals surface area (Å²) in [7, 11) is 0. The van der Waals surface area contributed by atoms with E-state index in [9.17, 15) is 44.4 Å². The van der Waals surface area contributed by atoms with Crippen LogP contribution >= 0.6 is 0 Å². The fourth-order valence-electron chi connectivity index (χ4n) is 8.89. The number of unbranched alkanes of at least 4 members (excludes halogenated alkanes) is 9. The third kappa shape index (κ3) is 16.2. The molecule has 22 nitrogen and oxygen atoms in total. The molecule has 22 heteroatoms. The topological polar surface area (TPSA) is 286 Å². The maximum absolute atomic E-state index is 12.8. The van der Waals surface area contributed by atoms with E-state index in [1.165, 1.54) is 59.3 Å². The van der Waals surface area contributed by atoms with Crippen molar-refractivity contribution in [1.82, 2.24) is 0 Å². The second-order valence-electron chi connectivity index (χ2n) is 18.0. The van der Waals surface area contributed by atoms with Gasteiger partial charge >= 0.3 is 29.8 Å². The van der Waals surface area contributed by atoms with Crippen LogP contribution in [-0.2, 0) is 85.6 Å². The molecule has 4 rings (SSSR count). The number of aliphatic hydroxyl groups excluding tert-OH is 4. The van der Waals surface area contributed by atoms with Crippen LogP contribution in [0.25, 0.3) is 0 Å². The molecular weight excluding hydrogens is 904 g/mol. The smallest absolute Gasteiger partial charge is 0.303 e. The number of hydrogen-bond donors (Lipinski definition) is 4. The van der Waals surface area contributed by atoms with Crippen molar-refractivity contribution in [2.45, 2.75) is 256 Å². The SMILES string of the molecule is CCCCCCCCCCCCO[C@H]1O[C@H](C)[C@@H](O[C@H]2O[C@H](C)[C@@H](OC(C)=O)[C@H](O[C@H]3O[C@H](C)[C@@H](OC(C)=O)[C@H](O[C@H]4O[C@H](C)[C@@H](OC(C)=O)[C@H](OC(C)=O)[C@@H]4O)[C@@H]3OC(C)=O)[C@@H]2O)[C@H](O)[C@@H]1O. The van der Waals surface area contributed by atoms with E-state index in [1.807, 2.05) is 0 Å². The Hall–Kier alpha value is -3.13. The first-order valence-corrected chi connectivity index (χ1v) is 23.9. The number of ether oxygens (including phenoxy) is 13. The average molecular weight is 981 g/mol. The van der Waals surface area contributed by atoms with Gasteiger partial charge in [-0.15, -0.1) is 0 Å². The number of aliphatic hydroxyl groups is 4. The Morgan fingerprint density at radius 1 is 0.368 bits per heavy atom. The molecule has 4 heterocycles. The van der Waals surface area contributed by atoms with Crippen molar-refractivity contribution >= 4 is 29.8 Å². The van der Waals surface area contributed by atoms with Crippen LogP contribution in [0.4, 0.5) is 0 Å². The van der Waals surface area contributed by atoms with Crippen molar-refractivity contribution in [2.75, 3.05) is 6.61 Å². The third-order valence-corrected chi connectivity index (χ3v) is 12.2. The molecule has 4 saturated heterocycles. The first-order chi connectivity index (χ1) is 32.1. The molecule has 0 amide bonds. The fourth-order valence-corrected chi connectivity index (χ4v) is 8.89. The Bertz CT molecular complexity index is 1600. The molecule has 4 aliphatic heterocycles. The molecule has 0 radical (unpaired) electrons. The summed E-state index contributed by atoms with van der Waals surface area (Å²) < 4.78 is 76.2. The number of hydrogen-bond acceptors (Lipinski definition) is 22. The predicted octanol–water partition coefficient (Wildman–Crippen LogP) is 2.16. The van der Waals surface area contributed by atoms with Crippen molar-refractivity contribution < 1.29 is 106 Å². The Morgan fingerprint density at radius 3 is 1.19 bits per heavy atom. The van der Waals surface area contributed by atoms with Crippen molar-refractivity contribution in [3.63, 3.8) is 0 Å². The quantitative estimate of drug-likeness (QED) is 0.0648. The Kier molecular flexibility index (Phi) is 23.2. The lowest BCUT2D eigenvalue weighted by atomic mass is 9.95. The highest BCUT2D eigenvalue weighted by atomic mass is 16.8. The zero-order valence-electron chi connectivity index (χ0n) is 41.0. The summed E-state index contributed by atoms with van der Waals surface area (Å²) in [6.07, 6.45) is -17.7. The second-order valence-corrected chi connectivity index (χ2v) is 18.0. The van der Waals surface area contributed by atoms with Crippen LogP contribution < -0.4 is 0 Å². The van der Waals surface area contributed by atoms with Crippen molar-refractivity contribution in [1.29, 1.82) is 0 Å². The molecule has 4 aliphatic rings. The summed E-state index contributed by atoms with van der Waals surface area (Å²) in [5, 5.41) is 45.9. The Balaban J connectivity index is 1.53. The van der Waals surface area contributed by atoms with Crippen molar-refractivity contribution in [3.8, 4) is 0 Å². The van der Waals surface area contributed by atoms with E-state index >= 15 is 0 Å². The fraction of sp³-hybridized carbons (Fsp3) is 0.891. The molecular formula is C46H76O22. The summed E-state index contributed by atoms with van der Waals surface area (Å²) in [5.74, 6) is -4.10. The summed E-state index contributed by atoms with van der Waals surface area (Å²) in [6, 6.07) is 0. The predicted molar refractivity (Wildman–Crippen MR) is 232 cm³/mol. The van der Waals surface area contributed by atoms with Crippen molar-refractivity contribution in [3.05, 3.63) is 0 Å². The molecule has 0 bridgehead atoms. The number of carbonyl (C=O) groups is 5. The van der Waals surface area contributed by atoms with E-state index < -0.39 is 153 Å². The molecule has 0 unspecified atom stereocenters. The maximum Gasteiger partial charge on any atom is 0.303 e. The zero-order chi connectivity index (χ0) is 50.4. The van der Waals surface area contributed by atoms with Gasteiger partial charge in [0.15, 0.2) is 55.7 Å². The highest BCUT2D eigenvalue weighted by molar-refractivity contribution is 5.68. The van der Waals surface area contributed by atoms with Crippen LogP contribution in [0, 0.1) is 0 Å². The summed E-state index contributed by atoms with van der Waals surface area (Å²) in [4.78, 5) is 61.8. The zero-order valence-corrected chi connectivity index (χ0v) is 41.0. The van der Waals surface area contributed by atoms with Crippen LogP contribution in [0.1, 0.15) is 133 Å². The van der Waals surface area contributed by atoms with Crippen LogP contribution in [0.15, 0.2) is 0 Å². The second kappa shape index (κ2) is 27.5. The standard InChI is InChI=1S/C46H76O22/c1-11-12-13-14-15-16-17-18-19-20-21-56-43-32(53)31(52)35(22(2)57-43)66-44-34(55)40(37(24(4)58-44)62-27(7)48)67-46-42(65-30(10)51)41(38(25(5)60-46)63-28(8)49)68-45-33(54)39(64-29(9)50)36(23(3)59-45)61-26(6)47/h22-25,31-46,52-55H,11-21H2,1-10H3/t22-,23-,24-,25-,31-,32+,33+,34+,35-,36-,37-,38-,39-,40-,41+,42+,43+,44-,45-,46-/m1/s1. The molecule has 392 valence electrons. The minimum absolute atomic E-state index is 0.296. The lowest BCUT2D eigenvalue weighted by Gasteiger charge is -2.50. The first-order valence-electron chi connectivity index (χ1n) is 23.9. The number of rotatable bonds is 23. The van der Waals surface area contributed by atoms with Gasteiger partial charge in [0.25, 0.3) is 0 Å². The van der Waals surface area contributed by atoms with E-state index in [1.54, 1.807) is 6.92 Å². The molecule has 4 N–H and O–H groups in total. The van der Waals surface area contributed by atoms with Gasteiger partial charge in [-0.25, -0.2) is 0 Å². The van der Waals surface area contributed by atoms with E-state index in [0.717, 1.165) is 60.3 Å². The minimum Gasteiger partial charge on any atom is -0.457 e. The van der Waals surface area contributed by atoms with Gasteiger partial charge in [-0.2, -0.15) is 0 Å². The highest BCUT2D eigenvalue weighted by Gasteiger charge is 2.58. The van der Waals surface area contributed by atoms with E-state index in [-0.39, 0.29) is 0 Å². The summed E-state index contributed by atoms with van der Waals surface area (Å²) in [5.41, 5.74) is 0. The van der Waals surface area contributed by atoms with Gasteiger partial charge in [0, 0.05) is 41.2 Å². The molecule has 0 saturated carbocycles. The van der Waals surface area contributed by atoms with E-state index in [4.69, 9.17) is 61.6 Å². The highest BCUT2D eigenvalue weighted by Crippen LogP contribution is 2.38. The minimum atomic E-state index is -1.85. The van der Waals surface area contributed by atoms with Gasteiger partial charge < -0.3 is 82.0 Å². The molecule has 68 heavy (non-hydrogen) atoms. The summed E-state index contributed by atoms with van der Waals surface area (Å²) >= 11 is 0. The van der Waals surface area contributed by atoms with Crippen LogP contribution in [-0.4, -0.2) is 180 Å². The first kappa shape index (κ1) is 57.4. The van der Waals surface area contributed by atoms with Gasteiger partial charge in [-0.05, 0) is 34.1 Å². The Labute approximate surface area is 398 Å². The van der Waals surface area contributed by atoms with Gasteiger partial charge in [-0.1, -0.05) is 64.7 Å². The molecule has 4 fully saturated rings.